The van der Waals surface area contributed by atoms with Crippen molar-refractivity contribution in [1.29, 1.82) is 0 Å². The number of cyclic esters (lactones) is 1. The van der Waals surface area contributed by atoms with Gasteiger partial charge in [0.25, 0.3) is 5.91 Å². The highest BCUT2D eigenvalue weighted by atomic mass is 32.1. The Morgan fingerprint density at radius 2 is 1.96 bits per heavy atom. The second kappa shape index (κ2) is 8.09. The quantitative estimate of drug-likeness (QED) is 0.755. The van der Waals surface area contributed by atoms with Crippen LogP contribution in [0, 0.1) is 0 Å². The van der Waals surface area contributed by atoms with E-state index in [0.717, 1.165) is 0 Å². The normalized spacial score (nSPS) is 15.8. The van der Waals surface area contributed by atoms with E-state index in [9.17, 15) is 14.4 Å². The third-order valence-corrected chi connectivity index (χ3v) is 4.74. The standard InChI is InChI=1S/C18H17NO7S/c1-23-13-8-10(17(21)26-12-5-6-25-18(12)22)11(9-14(13)24-2)19-16(20)15-4-3-7-27-15/h3-4,7-9,12H,5-6H2,1-2H3,(H,19,20). The molecule has 1 fully saturated rings. The zero-order valence-corrected chi connectivity index (χ0v) is 15.5. The summed E-state index contributed by atoms with van der Waals surface area (Å²) < 4.78 is 20.5. The van der Waals surface area contributed by atoms with E-state index < -0.39 is 18.0 Å². The average molecular weight is 391 g/mol. The smallest absolute Gasteiger partial charge is 0.347 e. The lowest BCUT2D eigenvalue weighted by molar-refractivity contribution is -0.145. The van der Waals surface area contributed by atoms with E-state index in [1.165, 1.54) is 37.7 Å². The number of benzene rings is 1. The van der Waals surface area contributed by atoms with Gasteiger partial charge in [0.05, 0.1) is 37.0 Å². The molecule has 0 bridgehead atoms. The minimum atomic E-state index is -0.966. The molecule has 27 heavy (non-hydrogen) atoms. The maximum absolute atomic E-state index is 12.6. The maximum atomic E-state index is 12.6. The van der Waals surface area contributed by atoms with Crippen molar-refractivity contribution >= 4 is 34.9 Å². The van der Waals surface area contributed by atoms with Crippen LogP contribution in [0.2, 0.25) is 0 Å². The van der Waals surface area contributed by atoms with Crippen LogP contribution in [-0.4, -0.2) is 44.8 Å². The minimum absolute atomic E-state index is 0.0391. The van der Waals surface area contributed by atoms with Crippen LogP contribution < -0.4 is 14.8 Å². The van der Waals surface area contributed by atoms with Crippen LogP contribution in [0.3, 0.4) is 0 Å². The summed E-state index contributed by atoms with van der Waals surface area (Å²) in [6.45, 7) is 0.199. The Bertz CT molecular complexity index is 863. The molecule has 3 rings (SSSR count). The first-order valence-corrected chi connectivity index (χ1v) is 8.90. The van der Waals surface area contributed by atoms with Crippen LogP contribution >= 0.6 is 11.3 Å². The molecule has 1 N–H and O–H groups in total. The number of carbonyl (C=O) groups is 3. The van der Waals surface area contributed by atoms with E-state index in [2.05, 4.69) is 5.32 Å². The number of carbonyl (C=O) groups excluding carboxylic acids is 3. The van der Waals surface area contributed by atoms with Crippen LogP contribution in [0.15, 0.2) is 29.6 Å². The zero-order chi connectivity index (χ0) is 19.4. The summed E-state index contributed by atoms with van der Waals surface area (Å²) in [4.78, 5) is 37.1. The summed E-state index contributed by atoms with van der Waals surface area (Å²) in [5.74, 6) is -1.13. The molecule has 1 amide bonds. The fourth-order valence-corrected chi connectivity index (χ4v) is 3.14. The summed E-state index contributed by atoms with van der Waals surface area (Å²) in [5.41, 5.74) is 0.222. The van der Waals surface area contributed by atoms with Gasteiger partial charge in [-0.15, -0.1) is 11.3 Å². The fraction of sp³-hybridized carbons (Fsp3) is 0.278. The van der Waals surface area contributed by atoms with Crippen molar-refractivity contribution in [2.45, 2.75) is 12.5 Å². The molecule has 0 spiro atoms. The van der Waals surface area contributed by atoms with Crippen molar-refractivity contribution < 1.29 is 33.3 Å². The third-order valence-electron chi connectivity index (χ3n) is 3.87. The van der Waals surface area contributed by atoms with Crippen molar-refractivity contribution in [3.8, 4) is 11.5 Å². The summed E-state index contributed by atoms with van der Waals surface area (Å²) in [6.07, 6.45) is -0.680. The number of anilines is 1. The zero-order valence-electron chi connectivity index (χ0n) is 14.6. The van der Waals surface area contributed by atoms with Gasteiger partial charge in [0.15, 0.2) is 11.5 Å². The predicted octanol–water partition coefficient (Wildman–Crippen LogP) is 2.49. The molecule has 1 aliphatic heterocycles. The number of thiophene rings is 1. The number of rotatable bonds is 6. The molecule has 0 radical (unpaired) electrons. The van der Waals surface area contributed by atoms with E-state index in [1.807, 2.05) is 0 Å². The predicted molar refractivity (Wildman–Crippen MR) is 96.6 cm³/mol. The van der Waals surface area contributed by atoms with Gasteiger partial charge in [-0.3, -0.25) is 4.79 Å². The largest absolute Gasteiger partial charge is 0.493 e. The van der Waals surface area contributed by atoms with Gasteiger partial charge in [0.1, 0.15) is 0 Å². The fourth-order valence-electron chi connectivity index (χ4n) is 2.52. The molecule has 1 unspecified atom stereocenters. The molecule has 0 saturated carbocycles. The first-order chi connectivity index (χ1) is 13.0. The Balaban J connectivity index is 1.92. The molecule has 2 aromatic rings. The van der Waals surface area contributed by atoms with Crippen LogP contribution in [0.1, 0.15) is 26.5 Å². The molecular weight excluding hydrogens is 374 g/mol. The summed E-state index contributed by atoms with van der Waals surface area (Å²) >= 11 is 1.26. The minimum Gasteiger partial charge on any atom is -0.493 e. The lowest BCUT2D eigenvalue weighted by atomic mass is 10.1. The molecule has 8 nitrogen and oxygen atoms in total. The SMILES string of the molecule is COc1cc(NC(=O)c2cccs2)c(C(=O)OC2CCOC2=O)cc1OC. The Hall–Kier alpha value is -3.07. The number of amides is 1. The van der Waals surface area contributed by atoms with Gasteiger partial charge in [-0.2, -0.15) is 0 Å². The monoisotopic (exact) mass is 391 g/mol. The van der Waals surface area contributed by atoms with E-state index >= 15 is 0 Å². The van der Waals surface area contributed by atoms with E-state index in [0.29, 0.717) is 10.6 Å². The lowest BCUT2D eigenvalue weighted by Gasteiger charge is -2.16. The number of esters is 2. The molecule has 1 aliphatic rings. The van der Waals surface area contributed by atoms with Crippen LogP contribution in [-0.2, 0) is 14.3 Å². The number of hydrogen-bond acceptors (Lipinski definition) is 8. The number of nitrogens with one attached hydrogen (secondary N) is 1. The first kappa shape index (κ1) is 18.7. The molecule has 0 aliphatic carbocycles. The molecule has 1 saturated heterocycles. The van der Waals surface area contributed by atoms with Gasteiger partial charge >= 0.3 is 11.9 Å². The van der Waals surface area contributed by atoms with Crippen molar-refractivity contribution in [2.75, 3.05) is 26.1 Å². The second-order valence-corrected chi connectivity index (χ2v) is 6.48. The lowest BCUT2D eigenvalue weighted by Crippen LogP contribution is -2.24. The van der Waals surface area contributed by atoms with E-state index in [-0.39, 0.29) is 35.9 Å². The second-order valence-electron chi connectivity index (χ2n) is 5.53. The van der Waals surface area contributed by atoms with Crippen LogP contribution in [0.4, 0.5) is 5.69 Å². The highest BCUT2D eigenvalue weighted by molar-refractivity contribution is 7.12. The molecule has 1 atom stereocenters. The summed E-state index contributed by atoms with van der Waals surface area (Å²) in [5, 5.41) is 4.44. The molecule has 1 aromatic heterocycles. The Morgan fingerprint density at radius 3 is 2.56 bits per heavy atom. The highest BCUT2D eigenvalue weighted by Crippen LogP contribution is 2.34. The Morgan fingerprint density at radius 1 is 1.22 bits per heavy atom. The first-order valence-electron chi connectivity index (χ1n) is 8.02. The van der Waals surface area contributed by atoms with E-state index in [4.69, 9.17) is 18.9 Å². The van der Waals surface area contributed by atoms with Gasteiger partial charge in [-0.1, -0.05) is 6.07 Å². The van der Waals surface area contributed by atoms with Gasteiger partial charge in [-0.05, 0) is 11.4 Å². The van der Waals surface area contributed by atoms with Crippen molar-refractivity contribution in [3.63, 3.8) is 0 Å². The molecular formula is C18H17NO7S. The average Bonchev–Trinajstić information content (AvgIpc) is 3.33. The van der Waals surface area contributed by atoms with Crippen LogP contribution in [0.25, 0.3) is 0 Å². The van der Waals surface area contributed by atoms with Crippen molar-refractivity contribution in [2.24, 2.45) is 0 Å². The van der Waals surface area contributed by atoms with Gasteiger partial charge in [0, 0.05) is 18.6 Å². The Kier molecular flexibility index (Phi) is 5.60. The third kappa shape index (κ3) is 4.03. The van der Waals surface area contributed by atoms with Crippen molar-refractivity contribution in [3.05, 3.63) is 40.1 Å². The number of methoxy groups -OCH3 is 2. The van der Waals surface area contributed by atoms with Gasteiger partial charge in [0.2, 0.25) is 6.10 Å². The molecule has 1 aromatic carbocycles. The molecule has 142 valence electrons. The maximum Gasteiger partial charge on any atom is 0.347 e. The van der Waals surface area contributed by atoms with Gasteiger partial charge in [-0.25, -0.2) is 9.59 Å². The van der Waals surface area contributed by atoms with Crippen molar-refractivity contribution in [1.82, 2.24) is 0 Å². The topological polar surface area (TPSA) is 100 Å². The summed E-state index contributed by atoms with van der Waals surface area (Å²) in [6, 6.07) is 6.27. The highest BCUT2D eigenvalue weighted by Gasteiger charge is 2.32. The van der Waals surface area contributed by atoms with E-state index in [1.54, 1.807) is 17.5 Å². The Labute approximate surface area is 159 Å². The van der Waals surface area contributed by atoms with Gasteiger partial charge < -0.3 is 24.3 Å². The number of ether oxygens (including phenoxy) is 4. The number of hydrogen-bond donors (Lipinski definition) is 1. The summed E-state index contributed by atoms with van der Waals surface area (Å²) in [7, 11) is 2.86. The molecule has 2 heterocycles. The molecule has 9 heteroatoms. The van der Waals surface area contributed by atoms with Crippen LogP contribution in [0.5, 0.6) is 11.5 Å².